The summed E-state index contributed by atoms with van der Waals surface area (Å²) >= 11 is 0. The van der Waals surface area contributed by atoms with Gasteiger partial charge in [0.25, 0.3) is 0 Å². The SMILES string of the molecule is CC(C)(C)OC(=O)n1cnc2nc(C(=O)O)ccc21. The fourth-order valence-electron chi connectivity index (χ4n) is 1.47. The van der Waals surface area contributed by atoms with Crippen molar-refractivity contribution in [2.45, 2.75) is 26.4 Å². The van der Waals surface area contributed by atoms with Gasteiger partial charge in [-0.3, -0.25) is 0 Å². The van der Waals surface area contributed by atoms with Gasteiger partial charge in [-0.15, -0.1) is 0 Å². The highest BCUT2D eigenvalue weighted by molar-refractivity contribution is 5.90. The number of carbonyl (C=O) groups is 2. The first-order valence-corrected chi connectivity index (χ1v) is 5.59. The Labute approximate surface area is 108 Å². The molecule has 7 heteroatoms. The van der Waals surface area contributed by atoms with Gasteiger partial charge in [0.05, 0.1) is 5.52 Å². The quantitative estimate of drug-likeness (QED) is 0.844. The van der Waals surface area contributed by atoms with Crippen LogP contribution >= 0.6 is 0 Å². The number of fused-ring (bicyclic) bond motifs is 1. The number of carboxylic acids is 1. The smallest absolute Gasteiger partial charge is 0.420 e. The van der Waals surface area contributed by atoms with Gasteiger partial charge in [0.15, 0.2) is 11.3 Å². The van der Waals surface area contributed by atoms with Crippen molar-refractivity contribution in [3.05, 3.63) is 24.2 Å². The summed E-state index contributed by atoms with van der Waals surface area (Å²) in [6.45, 7) is 5.26. The Balaban J connectivity index is 2.41. The van der Waals surface area contributed by atoms with Crippen molar-refractivity contribution in [3.63, 3.8) is 0 Å². The molecule has 0 amide bonds. The summed E-state index contributed by atoms with van der Waals surface area (Å²) in [5.41, 5.74) is -0.158. The van der Waals surface area contributed by atoms with Crippen LogP contribution in [0, 0.1) is 0 Å². The molecular formula is C12H13N3O4. The topological polar surface area (TPSA) is 94.3 Å². The maximum atomic E-state index is 11.9. The molecule has 0 unspecified atom stereocenters. The zero-order valence-electron chi connectivity index (χ0n) is 10.7. The number of rotatable bonds is 1. The maximum Gasteiger partial charge on any atom is 0.420 e. The van der Waals surface area contributed by atoms with E-state index < -0.39 is 17.7 Å². The zero-order valence-corrected chi connectivity index (χ0v) is 10.7. The average Bonchev–Trinajstić information content (AvgIpc) is 2.68. The number of nitrogens with zero attached hydrogens (tertiary/aromatic N) is 3. The lowest BCUT2D eigenvalue weighted by molar-refractivity contribution is 0.0543. The summed E-state index contributed by atoms with van der Waals surface area (Å²) in [7, 11) is 0. The first kappa shape index (κ1) is 13.0. The van der Waals surface area contributed by atoms with Crippen molar-refractivity contribution < 1.29 is 19.4 Å². The molecule has 0 bridgehead atoms. The van der Waals surface area contributed by atoms with E-state index >= 15 is 0 Å². The summed E-state index contributed by atoms with van der Waals surface area (Å²) < 4.78 is 6.40. The normalized spacial score (nSPS) is 11.5. The zero-order chi connectivity index (χ0) is 14.2. The van der Waals surface area contributed by atoms with Gasteiger partial charge in [-0.25, -0.2) is 24.1 Å². The molecule has 0 saturated carbocycles. The van der Waals surface area contributed by atoms with Gasteiger partial charge < -0.3 is 9.84 Å². The molecule has 0 saturated heterocycles. The predicted molar refractivity (Wildman–Crippen MR) is 66.1 cm³/mol. The third-order valence-electron chi connectivity index (χ3n) is 2.22. The number of ether oxygens (including phenoxy) is 1. The molecule has 2 aromatic rings. The minimum Gasteiger partial charge on any atom is -0.477 e. The first-order chi connectivity index (χ1) is 8.78. The molecule has 100 valence electrons. The molecule has 19 heavy (non-hydrogen) atoms. The van der Waals surface area contributed by atoms with Crippen molar-refractivity contribution in [2.75, 3.05) is 0 Å². The second kappa shape index (κ2) is 4.34. The Hall–Kier alpha value is -2.44. The maximum absolute atomic E-state index is 11.9. The van der Waals surface area contributed by atoms with Crippen LogP contribution in [0.25, 0.3) is 11.2 Å². The number of aromatic carboxylic acids is 1. The van der Waals surface area contributed by atoms with Gasteiger partial charge >= 0.3 is 12.1 Å². The monoisotopic (exact) mass is 263 g/mol. The number of hydrogen-bond donors (Lipinski definition) is 1. The van der Waals surface area contributed by atoms with Crippen molar-refractivity contribution in [2.24, 2.45) is 0 Å². The molecule has 0 aromatic carbocycles. The molecule has 1 N–H and O–H groups in total. The molecule has 0 radical (unpaired) electrons. The van der Waals surface area contributed by atoms with E-state index in [1.807, 2.05) is 0 Å². The van der Waals surface area contributed by atoms with E-state index in [0.717, 1.165) is 0 Å². The summed E-state index contributed by atoms with van der Waals surface area (Å²) in [5.74, 6) is -1.14. The summed E-state index contributed by atoms with van der Waals surface area (Å²) in [4.78, 5) is 30.4. The lowest BCUT2D eigenvalue weighted by Gasteiger charge is -2.19. The second-order valence-corrected chi connectivity index (χ2v) is 4.94. The van der Waals surface area contributed by atoms with Crippen molar-refractivity contribution in [1.82, 2.24) is 14.5 Å². The summed E-state index contributed by atoms with van der Waals surface area (Å²) in [6, 6.07) is 2.79. The molecular weight excluding hydrogens is 250 g/mol. The Bertz CT molecular complexity index is 655. The van der Waals surface area contributed by atoms with E-state index in [1.54, 1.807) is 20.8 Å². The van der Waals surface area contributed by atoms with Gasteiger partial charge in [-0.05, 0) is 32.9 Å². The molecule has 0 fully saturated rings. The molecule has 2 aromatic heterocycles. The second-order valence-electron chi connectivity index (χ2n) is 4.94. The van der Waals surface area contributed by atoms with Crippen LogP contribution in [0.1, 0.15) is 31.3 Å². The van der Waals surface area contributed by atoms with E-state index in [4.69, 9.17) is 9.84 Å². The van der Waals surface area contributed by atoms with Gasteiger partial charge in [0.1, 0.15) is 11.9 Å². The van der Waals surface area contributed by atoms with Gasteiger partial charge in [0.2, 0.25) is 0 Å². The van der Waals surface area contributed by atoms with Crippen LogP contribution in [0.5, 0.6) is 0 Å². The van der Waals surface area contributed by atoms with Crippen LogP contribution in [-0.4, -0.2) is 37.3 Å². The van der Waals surface area contributed by atoms with Gasteiger partial charge in [-0.1, -0.05) is 0 Å². The number of carbonyl (C=O) groups excluding carboxylic acids is 1. The Morgan fingerprint density at radius 1 is 1.32 bits per heavy atom. The standard InChI is InChI=1S/C12H13N3O4/c1-12(2,3)19-11(18)15-6-13-9-8(15)5-4-7(14-9)10(16)17/h4-6H,1-3H3,(H,16,17). The molecule has 2 heterocycles. The Kier molecular flexibility index (Phi) is 2.97. The third-order valence-corrected chi connectivity index (χ3v) is 2.22. The number of pyridine rings is 1. The number of aromatic nitrogens is 3. The van der Waals surface area contributed by atoms with Crippen molar-refractivity contribution >= 4 is 23.2 Å². The fraction of sp³-hybridized carbons (Fsp3) is 0.333. The summed E-state index contributed by atoms with van der Waals surface area (Å²) in [6.07, 6.45) is 0.678. The predicted octanol–water partition coefficient (Wildman–Crippen LogP) is 1.91. The number of hydrogen-bond acceptors (Lipinski definition) is 5. The molecule has 2 rings (SSSR count). The molecule has 0 spiro atoms. The molecule has 0 aliphatic carbocycles. The van der Waals surface area contributed by atoms with Crippen LogP contribution < -0.4 is 0 Å². The van der Waals surface area contributed by atoms with E-state index in [1.165, 1.54) is 23.0 Å². The van der Waals surface area contributed by atoms with Gasteiger partial charge in [-0.2, -0.15) is 0 Å². The molecule has 0 atom stereocenters. The Morgan fingerprint density at radius 2 is 2.00 bits per heavy atom. The fourth-order valence-corrected chi connectivity index (χ4v) is 1.47. The van der Waals surface area contributed by atoms with Gasteiger partial charge in [0, 0.05) is 0 Å². The van der Waals surface area contributed by atoms with Crippen molar-refractivity contribution in [1.29, 1.82) is 0 Å². The minimum absolute atomic E-state index is 0.123. The van der Waals surface area contributed by atoms with Crippen LogP contribution in [0.2, 0.25) is 0 Å². The van der Waals surface area contributed by atoms with Crippen LogP contribution in [0.3, 0.4) is 0 Å². The van der Waals surface area contributed by atoms with E-state index in [-0.39, 0.29) is 11.3 Å². The molecule has 0 aliphatic rings. The number of carboxylic acid groups (broad SMARTS) is 1. The minimum atomic E-state index is -1.14. The van der Waals surface area contributed by atoms with E-state index in [0.29, 0.717) is 5.52 Å². The molecule has 0 aliphatic heterocycles. The molecule has 7 nitrogen and oxygen atoms in total. The van der Waals surface area contributed by atoms with E-state index in [2.05, 4.69) is 9.97 Å². The van der Waals surface area contributed by atoms with Crippen LogP contribution in [0.15, 0.2) is 18.5 Å². The lowest BCUT2D eigenvalue weighted by atomic mass is 10.2. The van der Waals surface area contributed by atoms with Crippen LogP contribution in [-0.2, 0) is 4.74 Å². The van der Waals surface area contributed by atoms with E-state index in [9.17, 15) is 9.59 Å². The highest BCUT2D eigenvalue weighted by atomic mass is 16.6. The first-order valence-electron chi connectivity index (χ1n) is 5.59. The van der Waals surface area contributed by atoms with Crippen molar-refractivity contribution in [3.8, 4) is 0 Å². The van der Waals surface area contributed by atoms with Crippen LogP contribution in [0.4, 0.5) is 4.79 Å². The highest BCUT2D eigenvalue weighted by Gasteiger charge is 2.20. The average molecular weight is 263 g/mol. The lowest BCUT2D eigenvalue weighted by Crippen LogP contribution is -2.26. The number of imidazole rings is 1. The largest absolute Gasteiger partial charge is 0.477 e. The summed E-state index contributed by atoms with van der Waals surface area (Å²) in [5, 5.41) is 8.82. The highest BCUT2D eigenvalue weighted by Crippen LogP contribution is 2.15. The third kappa shape index (κ3) is 2.70. The Morgan fingerprint density at radius 3 is 2.58 bits per heavy atom.